The average molecular weight is 349 g/mol. The minimum atomic E-state index is -0.0140. The molecule has 1 aliphatic carbocycles. The molecular formula is C23H27NO2. The van der Waals surface area contributed by atoms with Crippen molar-refractivity contribution in [2.75, 3.05) is 6.61 Å². The highest BCUT2D eigenvalue weighted by Crippen LogP contribution is 2.67. The Kier molecular flexibility index (Phi) is 4.58. The molecule has 1 saturated heterocycles. The molecular weight excluding hydrogens is 322 g/mol. The van der Waals surface area contributed by atoms with Gasteiger partial charge in [-0.3, -0.25) is 4.79 Å². The van der Waals surface area contributed by atoms with Crippen molar-refractivity contribution in [1.82, 2.24) is 5.32 Å². The van der Waals surface area contributed by atoms with Crippen LogP contribution in [0.4, 0.5) is 0 Å². The van der Waals surface area contributed by atoms with E-state index in [0.717, 1.165) is 12.8 Å². The molecule has 0 bridgehead atoms. The number of hydrogen-bond acceptors (Lipinski definition) is 3. The SMILES string of the molecule is CCOC(=O)C1CC12C[C@H](c1ccccc1)N[C@H](c1ccccc1)[C@H]2C. The van der Waals surface area contributed by atoms with E-state index in [-0.39, 0.29) is 29.4 Å². The third-order valence-electron chi connectivity index (χ3n) is 6.42. The molecule has 1 spiro atoms. The Balaban J connectivity index is 1.67. The summed E-state index contributed by atoms with van der Waals surface area (Å²) in [6, 6.07) is 21.7. The largest absolute Gasteiger partial charge is 0.466 e. The second-order valence-electron chi connectivity index (χ2n) is 7.75. The van der Waals surface area contributed by atoms with Gasteiger partial charge >= 0.3 is 5.97 Å². The second kappa shape index (κ2) is 6.88. The first-order chi connectivity index (χ1) is 12.7. The smallest absolute Gasteiger partial charge is 0.309 e. The standard InChI is InChI=1S/C23H27NO2/c1-3-26-22(25)19-14-23(19)15-20(17-10-6-4-7-11-17)24-21(16(23)2)18-12-8-5-9-13-18/h4-13,16,19-21,24H,3,14-15H2,1-2H3/t16-,19?,20-,21+,23?/m1/s1. The van der Waals surface area contributed by atoms with Gasteiger partial charge in [0.2, 0.25) is 0 Å². The first-order valence-corrected chi connectivity index (χ1v) is 9.68. The van der Waals surface area contributed by atoms with E-state index in [1.807, 2.05) is 6.92 Å². The van der Waals surface area contributed by atoms with E-state index < -0.39 is 0 Å². The van der Waals surface area contributed by atoms with Gasteiger partial charge in [-0.1, -0.05) is 67.6 Å². The number of hydrogen-bond donors (Lipinski definition) is 1. The number of ether oxygens (including phenoxy) is 1. The zero-order chi connectivity index (χ0) is 18.1. The molecule has 2 aliphatic rings. The molecule has 0 radical (unpaired) electrons. The summed E-state index contributed by atoms with van der Waals surface area (Å²) in [5, 5.41) is 3.87. The molecule has 3 heteroatoms. The third-order valence-corrected chi connectivity index (χ3v) is 6.42. The lowest BCUT2D eigenvalue weighted by Gasteiger charge is -2.43. The summed E-state index contributed by atoms with van der Waals surface area (Å²) >= 11 is 0. The summed E-state index contributed by atoms with van der Waals surface area (Å²) in [6.07, 6.45) is 1.94. The summed E-state index contributed by atoms with van der Waals surface area (Å²) in [4.78, 5) is 12.5. The fourth-order valence-electron chi connectivity index (χ4n) is 4.87. The van der Waals surface area contributed by atoms with Gasteiger partial charge in [0.15, 0.2) is 0 Å². The number of carbonyl (C=O) groups is 1. The van der Waals surface area contributed by atoms with Crippen LogP contribution in [0.3, 0.4) is 0 Å². The van der Waals surface area contributed by atoms with Crippen LogP contribution in [0.1, 0.15) is 49.9 Å². The van der Waals surface area contributed by atoms with Crippen LogP contribution in [-0.4, -0.2) is 12.6 Å². The van der Waals surface area contributed by atoms with Crippen LogP contribution in [-0.2, 0) is 9.53 Å². The molecule has 2 unspecified atom stereocenters. The maximum absolute atomic E-state index is 12.5. The molecule has 1 saturated carbocycles. The van der Waals surface area contributed by atoms with Crippen molar-refractivity contribution < 1.29 is 9.53 Å². The van der Waals surface area contributed by atoms with Crippen LogP contribution < -0.4 is 5.32 Å². The quantitative estimate of drug-likeness (QED) is 0.815. The van der Waals surface area contributed by atoms with Crippen molar-refractivity contribution in [3.63, 3.8) is 0 Å². The summed E-state index contributed by atoms with van der Waals surface area (Å²) in [5.74, 6) is 0.413. The highest BCUT2D eigenvalue weighted by Gasteiger charge is 2.65. The molecule has 0 aromatic heterocycles. The number of rotatable bonds is 4. The van der Waals surface area contributed by atoms with Gasteiger partial charge in [0.1, 0.15) is 0 Å². The number of benzene rings is 2. The average Bonchev–Trinajstić information content (AvgIpc) is 3.40. The van der Waals surface area contributed by atoms with Gasteiger partial charge in [0, 0.05) is 12.1 Å². The van der Waals surface area contributed by atoms with E-state index in [1.165, 1.54) is 11.1 Å². The van der Waals surface area contributed by atoms with Crippen LogP contribution >= 0.6 is 0 Å². The highest BCUT2D eigenvalue weighted by molar-refractivity contribution is 5.77. The van der Waals surface area contributed by atoms with Gasteiger partial charge < -0.3 is 10.1 Å². The predicted molar refractivity (Wildman–Crippen MR) is 102 cm³/mol. The van der Waals surface area contributed by atoms with E-state index in [9.17, 15) is 4.79 Å². The fourth-order valence-corrected chi connectivity index (χ4v) is 4.87. The fraction of sp³-hybridized carbons (Fsp3) is 0.435. The van der Waals surface area contributed by atoms with E-state index in [1.54, 1.807) is 0 Å². The van der Waals surface area contributed by atoms with E-state index in [0.29, 0.717) is 12.5 Å². The minimum absolute atomic E-state index is 0.0140. The van der Waals surface area contributed by atoms with Gasteiger partial charge in [-0.25, -0.2) is 0 Å². The Morgan fingerprint density at radius 3 is 2.27 bits per heavy atom. The van der Waals surface area contributed by atoms with Crippen LogP contribution in [0.2, 0.25) is 0 Å². The molecule has 1 N–H and O–H groups in total. The molecule has 1 aliphatic heterocycles. The monoisotopic (exact) mass is 349 g/mol. The lowest BCUT2D eigenvalue weighted by molar-refractivity contribution is -0.146. The molecule has 1 heterocycles. The van der Waals surface area contributed by atoms with Crippen LogP contribution in [0, 0.1) is 17.3 Å². The number of carbonyl (C=O) groups excluding carboxylic acids is 1. The van der Waals surface area contributed by atoms with E-state index >= 15 is 0 Å². The number of piperidine rings is 1. The Labute approximate surface area is 155 Å². The molecule has 2 fully saturated rings. The van der Waals surface area contributed by atoms with E-state index in [4.69, 9.17) is 4.74 Å². The molecule has 4 rings (SSSR count). The molecule has 2 aromatic rings. The minimum Gasteiger partial charge on any atom is -0.466 e. The zero-order valence-corrected chi connectivity index (χ0v) is 15.5. The van der Waals surface area contributed by atoms with Crippen molar-refractivity contribution >= 4 is 5.97 Å². The lowest BCUT2D eigenvalue weighted by atomic mass is 9.71. The van der Waals surface area contributed by atoms with Gasteiger partial charge in [-0.15, -0.1) is 0 Å². The Morgan fingerprint density at radius 2 is 1.65 bits per heavy atom. The summed E-state index contributed by atoms with van der Waals surface area (Å²) in [5.41, 5.74) is 2.64. The Bertz CT molecular complexity index is 760. The molecule has 2 aromatic carbocycles. The Hall–Kier alpha value is -2.13. The van der Waals surface area contributed by atoms with Crippen molar-refractivity contribution in [1.29, 1.82) is 0 Å². The van der Waals surface area contributed by atoms with Crippen molar-refractivity contribution in [3.8, 4) is 0 Å². The Morgan fingerprint density at radius 1 is 1.04 bits per heavy atom. The number of esters is 1. The number of nitrogens with one attached hydrogen (secondary N) is 1. The third kappa shape index (κ3) is 2.95. The maximum atomic E-state index is 12.5. The second-order valence-corrected chi connectivity index (χ2v) is 7.75. The first-order valence-electron chi connectivity index (χ1n) is 9.68. The van der Waals surface area contributed by atoms with Gasteiger partial charge in [-0.05, 0) is 42.2 Å². The van der Waals surface area contributed by atoms with E-state index in [2.05, 4.69) is 72.9 Å². The highest BCUT2D eigenvalue weighted by atomic mass is 16.5. The molecule has 3 nitrogen and oxygen atoms in total. The van der Waals surface area contributed by atoms with Crippen LogP contribution in [0.15, 0.2) is 60.7 Å². The molecule has 5 atom stereocenters. The van der Waals surface area contributed by atoms with Crippen LogP contribution in [0.5, 0.6) is 0 Å². The summed E-state index contributed by atoms with van der Waals surface area (Å²) in [6.45, 7) is 4.64. The summed E-state index contributed by atoms with van der Waals surface area (Å²) < 4.78 is 5.36. The molecule has 0 amide bonds. The van der Waals surface area contributed by atoms with Crippen LogP contribution in [0.25, 0.3) is 0 Å². The first kappa shape index (κ1) is 17.3. The van der Waals surface area contributed by atoms with Gasteiger partial charge in [0.25, 0.3) is 0 Å². The normalized spacial score (nSPS) is 33.0. The van der Waals surface area contributed by atoms with Crippen molar-refractivity contribution in [3.05, 3.63) is 71.8 Å². The maximum Gasteiger partial charge on any atom is 0.309 e. The molecule has 26 heavy (non-hydrogen) atoms. The molecule has 136 valence electrons. The van der Waals surface area contributed by atoms with Gasteiger partial charge in [-0.2, -0.15) is 0 Å². The summed E-state index contributed by atoms with van der Waals surface area (Å²) in [7, 11) is 0. The predicted octanol–water partition coefficient (Wildman–Crippen LogP) is 4.67. The lowest BCUT2D eigenvalue weighted by Crippen LogP contribution is -2.43. The van der Waals surface area contributed by atoms with Crippen molar-refractivity contribution in [2.45, 2.75) is 38.8 Å². The topological polar surface area (TPSA) is 38.3 Å². The van der Waals surface area contributed by atoms with Crippen molar-refractivity contribution in [2.24, 2.45) is 17.3 Å². The zero-order valence-electron chi connectivity index (χ0n) is 15.5. The van der Waals surface area contributed by atoms with Gasteiger partial charge in [0.05, 0.1) is 12.5 Å².